The molecule has 31 heavy (non-hydrogen) atoms. The molecule has 5 nitrogen and oxygen atoms in total. The number of ether oxygens (including phenoxy) is 3. The predicted octanol–water partition coefficient (Wildman–Crippen LogP) is 5.33. The lowest BCUT2D eigenvalue weighted by molar-refractivity contribution is 0.292. The van der Waals surface area contributed by atoms with Crippen LogP contribution in [0.4, 0.5) is 8.78 Å². The van der Waals surface area contributed by atoms with Crippen molar-refractivity contribution in [2.45, 2.75) is 6.61 Å². The molecule has 0 aliphatic heterocycles. The third kappa shape index (κ3) is 4.07. The van der Waals surface area contributed by atoms with Crippen LogP contribution in [0.3, 0.4) is 0 Å². The van der Waals surface area contributed by atoms with E-state index in [9.17, 15) is 13.6 Å². The lowest BCUT2D eigenvalue weighted by Crippen LogP contribution is -2.05. The molecule has 4 aromatic rings. The molecule has 1 heterocycles. The summed E-state index contributed by atoms with van der Waals surface area (Å²) < 4.78 is 49.2. The third-order valence-corrected chi connectivity index (χ3v) is 4.85. The quantitative estimate of drug-likeness (QED) is 0.392. The van der Waals surface area contributed by atoms with Crippen LogP contribution in [-0.4, -0.2) is 14.2 Å². The predicted molar refractivity (Wildman–Crippen MR) is 112 cm³/mol. The monoisotopic (exact) mass is 424 g/mol. The number of hydrogen-bond acceptors (Lipinski definition) is 5. The summed E-state index contributed by atoms with van der Waals surface area (Å²) in [6.07, 6.45) is 0. The van der Waals surface area contributed by atoms with Crippen molar-refractivity contribution in [3.63, 3.8) is 0 Å². The highest BCUT2D eigenvalue weighted by Crippen LogP contribution is 2.33. The molecule has 0 radical (unpaired) electrons. The number of rotatable bonds is 6. The lowest BCUT2D eigenvalue weighted by atomic mass is 10.0. The average molecular weight is 424 g/mol. The lowest BCUT2D eigenvalue weighted by Gasteiger charge is -2.11. The van der Waals surface area contributed by atoms with Crippen LogP contribution in [-0.2, 0) is 6.61 Å². The molecule has 0 aliphatic rings. The van der Waals surface area contributed by atoms with Crippen LogP contribution < -0.4 is 19.8 Å². The Hall–Kier alpha value is -3.87. The first-order valence-electron chi connectivity index (χ1n) is 9.36. The summed E-state index contributed by atoms with van der Waals surface area (Å²) in [5.74, 6) is -0.00264. The summed E-state index contributed by atoms with van der Waals surface area (Å²) in [7, 11) is 3.04. The first kappa shape index (κ1) is 20.4. The normalized spacial score (nSPS) is 10.8. The summed E-state index contributed by atoms with van der Waals surface area (Å²) >= 11 is 0. The maximum atomic E-state index is 13.8. The van der Waals surface area contributed by atoms with Crippen LogP contribution in [0.2, 0.25) is 0 Å². The van der Waals surface area contributed by atoms with E-state index in [4.69, 9.17) is 18.6 Å². The van der Waals surface area contributed by atoms with Gasteiger partial charge in [0.25, 0.3) is 0 Å². The van der Waals surface area contributed by atoms with Crippen molar-refractivity contribution >= 4 is 11.0 Å². The van der Waals surface area contributed by atoms with Gasteiger partial charge in [0.2, 0.25) is 0 Å². The van der Waals surface area contributed by atoms with Crippen molar-refractivity contribution in [3.8, 4) is 28.4 Å². The van der Waals surface area contributed by atoms with Crippen molar-refractivity contribution in [2.24, 2.45) is 0 Å². The molecular formula is C24H18F2O5. The largest absolute Gasteiger partial charge is 0.497 e. The van der Waals surface area contributed by atoms with Gasteiger partial charge in [-0.2, -0.15) is 0 Å². The maximum Gasteiger partial charge on any atom is 0.344 e. The summed E-state index contributed by atoms with van der Waals surface area (Å²) in [5, 5.41) is 0.642. The van der Waals surface area contributed by atoms with E-state index >= 15 is 0 Å². The van der Waals surface area contributed by atoms with Crippen LogP contribution in [0, 0.1) is 11.6 Å². The molecule has 0 N–H and O–H groups in total. The number of hydrogen-bond donors (Lipinski definition) is 0. The fraction of sp³-hybridized carbons (Fsp3) is 0.125. The highest BCUT2D eigenvalue weighted by atomic mass is 19.1. The van der Waals surface area contributed by atoms with Gasteiger partial charge in [-0.1, -0.05) is 6.07 Å². The minimum atomic E-state index is -0.691. The van der Waals surface area contributed by atoms with Crippen molar-refractivity contribution in [2.75, 3.05) is 14.2 Å². The first-order valence-corrected chi connectivity index (χ1v) is 9.36. The van der Waals surface area contributed by atoms with Crippen molar-refractivity contribution in [1.82, 2.24) is 0 Å². The second-order valence-electron chi connectivity index (χ2n) is 6.70. The van der Waals surface area contributed by atoms with Crippen molar-refractivity contribution in [3.05, 3.63) is 88.3 Å². The highest BCUT2D eigenvalue weighted by Gasteiger charge is 2.15. The molecule has 4 rings (SSSR count). The van der Waals surface area contributed by atoms with Gasteiger partial charge >= 0.3 is 5.63 Å². The standard InChI is InChI=1S/C24H18F2O5/c1-28-15-8-9-22(29-2)17(11-15)18-10-14-6-7-16(12-23(14)31-24(18)27)30-13-19-20(25)4-3-5-21(19)26/h3-12H,13H2,1-2H3. The van der Waals surface area contributed by atoms with E-state index in [-0.39, 0.29) is 17.8 Å². The summed E-state index contributed by atoms with van der Waals surface area (Å²) in [5.41, 5.74) is 0.376. The molecule has 1 aromatic heterocycles. The molecule has 0 saturated heterocycles. The van der Waals surface area contributed by atoms with Gasteiger partial charge in [-0.15, -0.1) is 0 Å². The fourth-order valence-corrected chi connectivity index (χ4v) is 3.22. The van der Waals surface area contributed by atoms with E-state index in [2.05, 4.69) is 0 Å². The number of benzene rings is 3. The van der Waals surface area contributed by atoms with Crippen molar-refractivity contribution in [1.29, 1.82) is 0 Å². The summed E-state index contributed by atoms with van der Waals surface area (Å²) in [6.45, 7) is -0.298. The van der Waals surface area contributed by atoms with Gasteiger partial charge in [-0.05, 0) is 48.5 Å². The molecule has 0 unspecified atom stereocenters. The van der Waals surface area contributed by atoms with E-state index in [1.54, 1.807) is 36.4 Å². The van der Waals surface area contributed by atoms with E-state index < -0.39 is 17.3 Å². The molecule has 3 aromatic carbocycles. The Morgan fingerprint density at radius 2 is 1.58 bits per heavy atom. The van der Waals surface area contributed by atoms with Gasteiger partial charge < -0.3 is 18.6 Å². The maximum absolute atomic E-state index is 13.8. The minimum Gasteiger partial charge on any atom is -0.497 e. The first-order chi connectivity index (χ1) is 15.0. The second kappa shape index (κ2) is 8.47. The molecule has 158 valence electrons. The molecule has 7 heteroatoms. The Labute approximate surface area is 176 Å². The Kier molecular flexibility index (Phi) is 5.58. The topological polar surface area (TPSA) is 57.9 Å². The molecule has 0 aliphatic carbocycles. The summed E-state index contributed by atoms with van der Waals surface area (Å²) in [4.78, 5) is 12.7. The average Bonchev–Trinajstić information content (AvgIpc) is 2.77. The van der Waals surface area contributed by atoms with Crippen LogP contribution in [0.5, 0.6) is 17.2 Å². The Morgan fingerprint density at radius 1 is 0.839 bits per heavy atom. The van der Waals surface area contributed by atoms with Gasteiger partial charge in [-0.3, -0.25) is 0 Å². The second-order valence-corrected chi connectivity index (χ2v) is 6.70. The molecule has 0 spiro atoms. The van der Waals surface area contributed by atoms with Crippen LogP contribution >= 0.6 is 0 Å². The highest BCUT2D eigenvalue weighted by molar-refractivity contribution is 5.84. The van der Waals surface area contributed by atoms with Crippen LogP contribution in [0.25, 0.3) is 22.1 Å². The number of halogens is 2. The molecular weight excluding hydrogens is 406 g/mol. The van der Waals surface area contributed by atoms with Gasteiger partial charge in [0.1, 0.15) is 41.1 Å². The summed E-state index contributed by atoms with van der Waals surface area (Å²) in [6, 6.07) is 15.2. The van der Waals surface area contributed by atoms with Gasteiger partial charge in [0.05, 0.1) is 25.3 Å². The fourth-order valence-electron chi connectivity index (χ4n) is 3.22. The number of fused-ring (bicyclic) bond motifs is 1. The SMILES string of the molecule is COc1ccc(OC)c(-c2cc3ccc(OCc4c(F)cccc4F)cc3oc2=O)c1. The molecule has 0 fully saturated rings. The van der Waals surface area contributed by atoms with E-state index in [1.165, 1.54) is 26.4 Å². The molecule has 0 amide bonds. The Balaban J connectivity index is 1.68. The van der Waals surface area contributed by atoms with E-state index in [0.29, 0.717) is 33.8 Å². The van der Waals surface area contributed by atoms with E-state index in [0.717, 1.165) is 12.1 Å². The van der Waals surface area contributed by atoms with Crippen LogP contribution in [0.15, 0.2) is 69.9 Å². The number of methoxy groups -OCH3 is 2. The zero-order chi connectivity index (χ0) is 22.0. The minimum absolute atomic E-state index is 0.176. The zero-order valence-corrected chi connectivity index (χ0v) is 16.8. The third-order valence-electron chi connectivity index (χ3n) is 4.85. The van der Waals surface area contributed by atoms with Gasteiger partial charge in [0, 0.05) is 17.0 Å². The molecule has 0 bridgehead atoms. The smallest absolute Gasteiger partial charge is 0.344 e. The Morgan fingerprint density at radius 3 is 2.29 bits per heavy atom. The molecule has 0 saturated carbocycles. The zero-order valence-electron chi connectivity index (χ0n) is 16.8. The molecule has 0 atom stereocenters. The van der Waals surface area contributed by atoms with E-state index in [1.807, 2.05) is 0 Å². The van der Waals surface area contributed by atoms with Crippen LogP contribution in [0.1, 0.15) is 5.56 Å². The van der Waals surface area contributed by atoms with Crippen molar-refractivity contribution < 1.29 is 27.4 Å². The van der Waals surface area contributed by atoms with Gasteiger partial charge in [-0.25, -0.2) is 13.6 Å². The Bertz CT molecular complexity index is 1290. The van der Waals surface area contributed by atoms with Gasteiger partial charge in [0.15, 0.2) is 0 Å².